The average Bonchev–Trinajstić information content (AvgIpc) is 3.42. The van der Waals surface area contributed by atoms with Gasteiger partial charge in [-0.2, -0.15) is 15.2 Å². The number of thiophene rings is 1. The fourth-order valence-corrected chi connectivity index (χ4v) is 9.86. The molecule has 9 rings (SSSR count). The molecule has 4 fully saturated rings. The predicted octanol–water partition coefficient (Wildman–Crippen LogP) is 7.89. The van der Waals surface area contributed by atoms with E-state index in [2.05, 4.69) is 26.2 Å². The van der Waals surface area contributed by atoms with E-state index in [9.17, 15) is 14.9 Å². The SMILES string of the molecule is CC(C)(C)OC(=O)Nc1sc2c(F)cnc(-c3c4c(c5c(N6C7CCC6CN(C(=O)OC(C)(C)C)C7)nc(OCC6(CN7CCC7)CC6)nc5c3F)COC4)c2c1C#N. The van der Waals surface area contributed by atoms with Crippen LogP contribution in [-0.4, -0.2) is 99.6 Å². The summed E-state index contributed by atoms with van der Waals surface area (Å²) in [6.07, 6.45) is 4.59. The minimum Gasteiger partial charge on any atom is -0.463 e. The van der Waals surface area contributed by atoms with E-state index in [4.69, 9.17) is 28.9 Å². The first-order valence-electron chi connectivity index (χ1n) is 20.3. The van der Waals surface area contributed by atoms with Crippen molar-refractivity contribution in [3.05, 3.63) is 34.5 Å². The molecule has 3 saturated heterocycles. The van der Waals surface area contributed by atoms with Crippen LogP contribution >= 0.6 is 11.3 Å². The van der Waals surface area contributed by atoms with E-state index >= 15 is 8.78 Å². The van der Waals surface area contributed by atoms with Gasteiger partial charge < -0.3 is 33.6 Å². The van der Waals surface area contributed by atoms with Crippen LogP contribution in [0.2, 0.25) is 0 Å². The van der Waals surface area contributed by atoms with Crippen molar-refractivity contribution in [1.29, 1.82) is 5.26 Å². The molecule has 4 aromatic rings. The molecular formula is C42H48F2N8O6S. The fraction of sp³-hybridized carbons (Fsp3) is 0.571. The molecule has 17 heteroatoms. The summed E-state index contributed by atoms with van der Waals surface area (Å²) in [6, 6.07) is 1.87. The smallest absolute Gasteiger partial charge is 0.412 e. The number of carbonyl (C=O) groups excluding carboxylic acids is 2. The molecule has 14 nitrogen and oxygen atoms in total. The van der Waals surface area contributed by atoms with Crippen molar-refractivity contribution in [1.82, 2.24) is 24.8 Å². The lowest BCUT2D eigenvalue weighted by Gasteiger charge is -2.42. The van der Waals surface area contributed by atoms with Gasteiger partial charge in [0.25, 0.3) is 0 Å². The van der Waals surface area contributed by atoms with E-state index in [1.807, 2.05) is 20.8 Å². The molecular weight excluding hydrogens is 783 g/mol. The van der Waals surface area contributed by atoms with E-state index in [0.717, 1.165) is 62.9 Å². The highest BCUT2D eigenvalue weighted by Gasteiger charge is 2.47. The zero-order valence-corrected chi connectivity index (χ0v) is 35.0. The number of likely N-dealkylation sites (tertiary alicyclic amines) is 2. The summed E-state index contributed by atoms with van der Waals surface area (Å²) in [5.41, 5.74) is -0.396. The Kier molecular flexibility index (Phi) is 9.63. The second kappa shape index (κ2) is 14.4. The van der Waals surface area contributed by atoms with Crippen molar-refractivity contribution >= 4 is 55.3 Å². The second-order valence-corrected chi connectivity index (χ2v) is 19.5. The van der Waals surface area contributed by atoms with Crippen LogP contribution in [0, 0.1) is 28.4 Å². The van der Waals surface area contributed by atoms with E-state index in [1.165, 1.54) is 6.42 Å². The number of nitriles is 1. The number of nitrogens with one attached hydrogen (secondary N) is 1. The third-order valence-electron chi connectivity index (χ3n) is 11.7. The molecule has 2 bridgehead atoms. The zero-order valence-electron chi connectivity index (χ0n) is 34.2. The lowest BCUT2D eigenvalue weighted by molar-refractivity contribution is 0.0209. The highest BCUT2D eigenvalue weighted by atomic mass is 32.1. The Balaban J connectivity index is 1.18. The van der Waals surface area contributed by atoms with Gasteiger partial charge in [0.05, 0.1) is 47.4 Å². The van der Waals surface area contributed by atoms with Crippen LogP contribution in [0.3, 0.4) is 0 Å². The number of fused-ring (bicyclic) bond motifs is 6. The summed E-state index contributed by atoms with van der Waals surface area (Å²) < 4.78 is 57.1. The number of piperazine rings is 1. The Morgan fingerprint density at radius 3 is 2.34 bits per heavy atom. The minimum absolute atomic E-state index is 0.00840. The number of rotatable bonds is 8. The van der Waals surface area contributed by atoms with E-state index in [-0.39, 0.29) is 80.2 Å². The highest BCUT2D eigenvalue weighted by molar-refractivity contribution is 7.23. The molecule has 7 heterocycles. The van der Waals surface area contributed by atoms with E-state index in [1.54, 1.807) is 25.7 Å². The van der Waals surface area contributed by atoms with Gasteiger partial charge in [-0.1, -0.05) is 0 Å². The highest BCUT2D eigenvalue weighted by Crippen LogP contribution is 2.50. The Morgan fingerprint density at radius 1 is 1.02 bits per heavy atom. The Labute approximate surface area is 344 Å². The molecule has 2 atom stereocenters. The summed E-state index contributed by atoms with van der Waals surface area (Å²) in [4.78, 5) is 46.7. The van der Waals surface area contributed by atoms with Crippen molar-refractivity contribution in [2.75, 3.05) is 49.5 Å². The van der Waals surface area contributed by atoms with Crippen molar-refractivity contribution in [3.63, 3.8) is 0 Å². The Morgan fingerprint density at radius 2 is 1.71 bits per heavy atom. The summed E-state index contributed by atoms with van der Waals surface area (Å²) >= 11 is 0.846. The van der Waals surface area contributed by atoms with Gasteiger partial charge in [-0.25, -0.2) is 18.4 Å². The molecule has 1 saturated carbocycles. The minimum atomic E-state index is -0.831. The lowest BCUT2D eigenvalue weighted by Crippen LogP contribution is -2.56. The van der Waals surface area contributed by atoms with Gasteiger partial charge in [0.1, 0.15) is 33.6 Å². The van der Waals surface area contributed by atoms with E-state index in [0.29, 0.717) is 42.0 Å². The standard InChI is InChI=1S/C42H48F2N8O6S/c1-40(2,3)57-38(53)49-36-24(14-45)29-32(46-15-27(43)34(29)59-36)28-25-18-55-19-26(25)30-33(31(28)44)47-37(56-21-42(10-11-42)20-50-12-7-13-50)48-35(30)52-22-8-9-23(52)17-51(16-22)39(54)58-41(4,5)6/h15,22-23H,7-13,16-21H2,1-6H3,(H,49,53). The topological polar surface area (TPSA) is 155 Å². The number of anilines is 2. The molecule has 2 unspecified atom stereocenters. The first kappa shape index (κ1) is 39.5. The van der Waals surface area contributed by atoms with Crippen molar-refractivity contribution < 1.29 is 37.3 Å². The number of hydrogen-bond donors (Lipinski definition) is 1. The average molecular weight is 831 g/mol. The maximum absolute atomic E-state index is 17.9. The molecule has 5 aliphatic rings. The van der Waals surface area contributed by atoms with Gasteiger partial charge in [0.15, 0.2) is 11.6 Å². The molecule has 1 aliphatic carbocycles. The van der Waals surface area contributed by atoms with Gasteiger partial charge >= 0.3 is 18.2 Å². The van der Waals surface area contributed by atoms with Crippen LogP contribution in [0.4, 0.5) is 29.2 Å². The van der Waals surface area contributed by atoms with Gasteiger partial charge in [-0.15, -0.1) is 11.3 Å². The quantitative estimate of drug-likeness (QED) is 0.184. The molecule has 3 aromatic heterocycles. The molecule has 0 radical (unpaired) electrons. The Bertz CT molecular complexity index is 2420. The maximum Gasteiger partial charge on any atom is 0.412 e. The first-order valence-corrected chi connectivity index (χ1v) is 21.1. The maximum atomic E-state index is 17.9. The largest absolute Gasteiger partial charge is 0.463 e. The number of aromatic nitrogens is 3. The van der Waals surface area contributed by atoms with Crippen LogP contribution in [0.5, 0.6) is 6.01 Å². The molecule has 312 valence electrons. The van der Waals surface area contributed by atoms with Crippen LogP contribution in [-0.2, 0) is 27.4 Å². The molecule has 4 aliphatic heterocycles. The number of amides is 2. The molecule has 1 aromatic carbocycles. The van der Waals surface area contributed by atoms with Gasteiger partial charge in [0.2, 0.25) is 0 Å². The third kappa shape index (κ3) is 7.37. The van der Waals surface area contributed by atoms with E-state index < -0.39 is 28.9 Å². The van der Waals surface area contributed by atoms with Crippen molar-refractivity contribution in [2.24, 2.45) is 5.41 Å². The normalized spacial score (nSPS) is 21.0. The van der Waals surface area contributed by atoms with Crippen LogP contribution < -0.4 is 15.0 Å². The number of nitrogens with zero attached hydrogens (tertiary/aromatic N) is 7. The number of carbonyl (C=O) groups is 2. The van der Waals surface area contributed by atoms with Gasteiger partial charge in [-0.3, -0.25) is 10.3 Å². The predicted molar refractivity (Wildman–Crippen MR) is 216 cm³/mol. The van der Waals surface area contributed by atoms with Crippen molar-refractivity contribution in [2.45, 2.75) is 110 Å². The lowest BCUT2D eigenvalue weighted by atomic mass is 9.93. The molecule has 2 amide bonds. The number of pyridine rings is 1. The van der Waals surface area contributed by atoms with Crippen molar-refractivity contribution in [3.8, 4) is 23.3 Å². The van der Waals surface area contributed by atoms with Crippen LogP contribution in [0.1, 0.15) is 90.3 Å². The Hall–Kier alpha value is -4.92. The monoisotopic (exact) mass is 830 g/mol. The van der Waals surface area contributed by atoms with Crippen LogP contribution in [0.25, 0.3) is 32.2 Å². The first-order chi connectivity index (χ1) is 28.0. The second-order valence-electron chi connectivity index (χ2n) is 18.5. The number of benzene rings is 1. The molecule has 1 N–H and O–H groups in total. The summed E-state index contributed by atoms with van der Waals surface area (Å²) in [5, 5.41) is 13.6. The van der Waals surface area contributed by atoms with Gasteiger partial charge in [0, 0.05) is 48.1 Å². The summed E-state index contributed by atoms with van der Waals surface area (Å²) in [5.74, 6) is -0.961. The van der Waals surface area contributed by atoms with Crippen LogP contribution in [0.15, 0.2) is 6.20 Å². The zero-order chi connectivity index (χ0) is 41.6. The van der Waals surface area contributed by atoms with Gasteiger partial charge in [-0.05, 0) is 97.9 Å². The fourth-order valence-electron chi connectivity index (χ4n) is 8.82. The number of hydrogen-bond acceptors (Lipinski definition) is 13. The molecule has 0 spiro atoms. The number of ether oxygens (including phenoxy) is 4. The summed E-state index contributed by atoms with van der Waals surface area (Å²) in [6.45, 7) is 15.0. The summed E-state index contributed by atoms with van der Waals surface area (Å²) in [7, 11) is 0. The third-order valence-corrected chi connectivity index (χ3v) is 12.9. The molecule has 59 heavy (non-hydrogen) atoms. The number of halogens is 2.